The van der Waals surface area contributed by atoms with Gasteiger partial charge in [-0.15, -0.1) is 0 Å². The number of rotatable bonds is 2. The molecule has 4 nitrogen and oxygen atoms in total. The second kappa shape index (κ2) is 7.98. The highest BCUT2D eigenvalue weighted by Crippen LogP contribution is 2.56. The van der Waals surface area contributed by atoms with Gasteiger partial charge >= 0.3 is 0 Å². The number of halogens is 8. The minimum Gasteiger partial charge on any atom is -0.506 e. The predicted molar refractivity (Wildman–Crippen MR) is 107 cm³/mol. The number of hydrogen-bond acceptors (Lipinski definition) is 4. The first kappa shape index (κ1) is 22.0. The number of aromatic hydroxyl groups is 4. The van der Waals surface area contributed by atoms with Gasteiger partial charge in [0.1, 0.15) is 36.1 Å². The van der Waals surface area contributed by atoms with E-state index in [9.17, 15) is 20.4 Å². The highest BCUT2D eigenvalue weighted by molar-refractivity contribution is 6.60. The summed E-state index contributed by atoms with van der Waals surface area (Å²) in [7, 11) is 0. The summed E-state index contributed by atoms with van der Waals surface area (Å²) >= 11 is 47.1. The van der Waals surface area contributed by atoms with Gasteiger partial charge in [0.15, 0.2) is 11.5 Å². The largest absolute Gasteiger partial charge is 0.506 e. The van der Waals surface area contributed by atoms with Gasteiger partial charge in [0.25, 0.3) is 0 Å². The molecule has 2 aromatic rings. The Morgan fingerprint density at radius 3 is 1.00 bits per heavy atom. The summed E-state index contributed by atoms with van der Waals surface area (Å²) in [6, 6.07) is 0. The predicted octanol–water partition coefficient (Wildman–Crippen LogP) is 7.62. The van der Waals surface area contributed by atoms with E-state index in [1.54, 1.807) is 0 Å². The number of hydrogen-bond donors (Lipinski definition) is 4. The molecular weight excluding hydrogens is 516 g/mol. The van der Waals surface area contributed by atoms with Crippen molar-refractivity contribution < 1.29 is 20.4 Å². The summed E-state index contributed by atoms with van der Waals surface area (Å²) in [5.41, 5.74) is -1.25. The lowest BCUT2D eigenvalue weighted by Gasteiger charge is -2.19. The van der Waals surface area contributed by atoms with E-state index in [4.69, 9.17) is 92.8 Å². The molecule has 0 aliphatic heterocycles. The Bertz CT molecular complexity index is 837. The van der Waals surface area contributed by atoms with Crippen LogP contribution in [0.1, 0.15) is 11.1 Å². The maximum absolute atomic E-state index is 10.3. The van der Waals surface area contributed by atoms with Gasteiger partial charge in [0.05, 0.1) is 21.2 Å². The molecule has 0 aliphatic rings. The van der Waals surface area contributed by atoms with Gasteiger partial charge in [-0.3, -0.25) is 0 Å². The third kappa shape index (κ3) is 3.43. The molecule has 4 N–H and O–H groups in total. The summed E-state index contributed by atoms with van der Waals surface area (Å²) in [5, 5.41) is 37.8. The molecule has 0 amide bonds. The quantitative estimate of drug-likeness (QED) is 0.243. The fourth-order valence-corrected chi connectivity index (χ4v) is 3.81. The Hall–Kier alpha value is -0.300. The van der Waals surface area contributed by atoms with Crippen molar-refractivity contribution in [3.05, 3.63) is 45.8 Å². The van der Waals surface area contributed by atoms with Crippen LogP contribution < -0.4 is 0 Å². The first-order valence-electron chi connectivity index (χ1n) is 6.16. The zero-order valence-electron chi connectivity index (χ0n) is 11.8. The molecular formula is C14H4Cl8O4. The van der Waals surface area contributed by atoms with E-state index in [0.717, 1.165) is 0 Å². The third-order valence-electron chi connectivity index (χ3n) is 3.23. The second-order valence-corrected chi connectivity index (χ2v) is 7.88. The molecule has 26 heavy (non-hydrogen) atoms. The first-order valence-corrected chi connectivity index (χ1v) is 9.18. The lowest BCUT2D eigenvalue weighted by Crippen LogP contribution is -1.97. The van der Waals surface area contributed by atoms with Crippen molar-refractivity contribution in [2.45, 2.75) is 0 Å². The monoisotopic (exact) mass is 516 g/mol. The summed E-state index contributed by atoms with van der Waals surface area (Å²) in [5.74, 6) is -2.85. The van der Waals surface area contributed by atoms with Crippen LogP contribution in [0.2, 0.25) is 30.1 Å². The SMILES string of the molecule is Oc1c(Cl)c(Cl)c(O)c(C(=C(Cl)Cl)c2c(O)c(Cl)c(Cl)c(O)c2Cl)c1Cl. The molecule has 12 heteroatoms. The van der Waals surface area contributed by atoms with Crippen molar-refractivity contribution in [2.24, 2.45) is 0 Å². The average Bonchev–Trinajstić information content (AvgIpc) is 2.60. The molecule has 2 rings (SSSR count). The zero-order valence-corrected chi connectivity index (χ0v) is 17.9. The van der Waals surface area contributed by atoms with Crippen LogP contribution in [0.3, 0.4) is 0 Å². The lowest BCUT2D eigenvalue weighted by atomic mass is 9.96. The van der Waals surface area contributed by atoms with Crippen LogP contribution >= 0.6 is 92.8 Å². The maximum Gasteiger partial charge on any atom is 0.155 e. The lowest BCUT2D eigenvalue weighted by molar-refractivity contribution is 0.457. The highest BCUT2D eigenvalue weighted by atomic mass is 35.5. The normalized spacial score (nSPS) is 10.9. The molecule has 0 aliphatic carbocycles. The summed E-state index contributed by atoms with van der Waals surface area (Å²) in [6.07, 6.45) is 0. The zero-order chi connectivity index (χ0) is 20.1. The Kier molecular flexibility index (Phi) is 6.75. The van der Waals surface area contributed by atoms with Crippen molar-refractivity contribution in [2.75, 3.05) is 0 Å². The summed E-state index contributed by atoms with van der Waals surface area (Å²) in [4.78, 5) is 0. The Balaban J connectivity index is 3.06. The van der Waals surface area contributed by atoms with E-state index in [2.05, 4.69) is 0 Å². The molecule has 0 unspecified atom stereocenters. The van der Waals surface area contributed by atoms with Crippen LogP contribution in [0.25, 0.3) is 5.57 Å². The van der Waals surface area contributed by atoms with Gasteiger partial charge < -0.3 is 20.4 Å². The Labute approximate surface area is 186 Å². The van der Waals surface area contributed by atoms with Gasteiger partial charge in [-0.1, -0.05) is 92.8 Å². The standard InChI is InChI=1S/C14H4Cl8O4/c15-4-2(10(23)6(17)8(19)12(4)25)1(14(21)22)3-5(16)13(26)9(20)7(18)11(3)24/h23-26H. The first-order chi connectivity index (χ1) is 11.9. The molecule has 0 radical (unpaired) electrons. The van der Waals surface area contributed by atoms with E-state index in [0.29, 0.717) is 0 Å². The minimum atomic E-state index is -0.728. The van der Waals surface area contributed by atoms with Crippen molar-refractivity contribution >= 4 is 98.4 Å². The topological polar surface area (TPSA) is 80.9 Å². The Morgan fingerprint density at radius 1 is 0.462 bits per heavy atom. The summed E-state index contributed by atoms with van der Waals surface area (Å²) < 4.78 is -0.574. The molecule has 0 spiro atoms. The molecule has 0 saturated heterocycles. The van der Waals surface area contributed by atoms with E-state index >= 15 is 0 Å². The van der Waals surface area contributed by atoms with Crippen LogP contribution in [0, 0.1) is 0 Å². The second-order valence-electron chi connectivity index (χ2n) is 4.66. The van der Waals surface area contributed by atoms with Crippen molar-refractivity contribution in [3.63, 3.8) is 0 Å². The average molecular weight is 520 g/mol. The van der Waals surface area contributed by atoms with Crippen LogP contribution in [-0.2, 0) is 0 Å². The molecule has 0 atom stereocenters. The molecule has 0 aromatic heterocycles. The van der Waals surface area contributed by atoms with Gasteiger partial charge in [-0.05, 0) is 0 Å². The van der Waals surface area contributed by atoms with Gasteiger partial charge in [0, 0.05) is 5.57 Å². The Morgan fingerprint density at radius 2 is 0.731 bits per heavy atom. The van der Waals surface area contributed by atoms with Gasteiger partial charge in [0.2, 0.25) is 0 Å². The molecule has 140 valence electrons. The van der Waals surface area contributed by atoms with Crippen LogP contribution in [0.4, 0.5) is 0 Å². The molecule has 0 bridgehead atoms. The fraction of sp³-hybridized carbons (Fsp3) is 0. The van der Waals surface area contributed by atoms with Crippen molar-refractivity contribution in [3.8, 4) is 23.0 Å². The minimum absolute atomic E-state index is 0.402. The number of phenols is 4. The van der Waals surface area contributed by atoms with E-state index in [-0.39, 0.29) is 0 Å². The molecule has 0 saturated carbocycles. The highest BCUT2D eigenvalue weighted by Gasteiger charge is 2.31. The van der Waals surface area contributed by atoms with E-state index in [1.807, 2.05) is 0 Å². The van der Waals surface area contributed by atoms with Gasteiger partial charge in [-0.2, -0.15) is 0 Å². The number of phenolic OH excluding ortho intramolecular Hbond substituents is 4. The maximum atomic E-state index is 10.3. The number of benzene rings is 2. The molecule has 0 heterocycles. The van der Waals surface area contributed by atoms with Crippen LogP contribution in [0.15, 0.2) is 4.49 Å². The van der Waals surface area contributed by atoms with E-state index in [1.165, 1.54) is 0 Å². The van der Waals surface area contributed by atoms with Gasteiger partial charge in [-0.25, -0.2) is 0 Å². The molecule has 2 aromatic carbocycles. The van der Waals surface area contributed by atoms with Crippen LogP contribution in [-0.4, -0.2) is 20.4 Å². The van der Waals surface area contributed by atoms with Crippen molar-refractivity contribution in [1.82, 2.24) is 0 Å². The van der Waals surface area contributed by atoms with Crippen LogP contribution in [0.5, 0.6) is 23.0 Å². The third-order valence-corrected chi connectivity index (χ3v) is 6.01. The van der Waals surface area contributed by atoms with E-state index < -0.39 is 74.3 Å². The molecule has 0 fully saturated rings. The smallest absolute Gasteiger partial charge is 0.155 e. The fourth-order valence-electron chi connectivity index (χ4n) is 2.04. The van der Waals surface area contributed by atoms with Crippen molar-refractivity contribution in [1.29, 1.82) is 0 Å². The summed E-state index contributed by atoms with van der Waals surface area (Å²) in [6.45, 7) is 0.